The first-order chi connectivity index (χ1) is 7.34. The molecule has 0 fully saturated rings. The molecule has 0 aliphatic rings. The van der Waals surface area contributed by atoms with Crippen LogP contribution in [0.2, 0.25) is 0 Å². The Morgan fingerprint density at radius 1 is 1.31 bits per heavy atom. The lowest BCUT2D eigenvalue weighted by molar-refractivity contribution is 0.0423. The van der Waals surface area contributed by atoms with Crippen LogP contribution in [0.25, 0.3) is 0 Å². The van der Waals surface area contributed by atoms with Crippen LogP contribution in [0.1, 0.15) is 40.5 Å². The topological polar surface area (TPSA) is 38.5 Å². The Bertz CT molecular complexity index is 177. The van der Waals surface area contributed by atoms with Gasteiger partial charge in [0, 0.05) is 19.2 Å². The molecule has 0 aromatic rings. The van der Waals surface area contributed by atoms with Crippen molar-refractivity contribution in [2.24, 2.45) is 11.1 Å². The second-order valence-electron chi connectivity index (χ2n) is 5.75. The number of rotatable bonds is 7. The van der Waals surface area contributed by atoms with E-state index in [9.17, 15) is 0 Å². The van der Waals surface area contributed by atoms with E-state index in [1.165, 1.54) is 0 Å². The summed E-state index contributed by atoms with van der Waals surface area (Å²) in [5, 5.41) is 0. The van der Waals surface area contributed by atoms with E-state index >= 15 is 0 Å². The van der Waals surface area contributed by atoms with Gasteiger partial charge in [-0.1, -0.05) is 20.8 Å². The summed E-state index contributed by atoms with van der Waals surface area (Å²) in [5.41, 5.74) is 5.87. The molecule has 3 nitrogen and oxygen atoms in total. The molecule has 0 aromatic carbocycles. The third-order valence-corrected chi connectivity index (χ3v) is 3.54. The van der Waals surface area contributed by atoms with Gasteiger partial charge in [-0.2, -0.15) is 0 Å². The van der Waals surface area contributed by atoms with Gasteiger partial charge in [0.2, 0.25) is 0 Å². The highest BCUT2D eigenvalue weighted by atomic mass is 16.5. The SMILES string of the molecule is COCC(CCCN)N(C)C(C)C(C)(C)C. The van der Waals surface area contributed by atoms with E-state index in [-0.39, 0.29) is 0 Å². The fraction of sp³-hybridized carbons (Fsp3) is 1.00. The van der Waals surface area contributed by atoms with Gasteiger partial charge in [-0.25, -0.2) is 0 Å². The van der Waals surface area contributed by atoms with Crippen molar-refractivity contribution in [3.63, 3.8) is 0 Å². The molecule has 0 radical (unpaired) electrons. The molecule has 0 spiro atoms. The fourth-order valence-corrected chi connectivity index (χ4v) is 1.88. The Balaban J connectivity index is 4.40. The zero-order valence-corrected chi connectivity index (χ0v) is 11.9. The van der Waals surface area contributed by atoms with Crippen LogP contribution in [0.4, 0.5) is 0 Å². The summed E-state index contributed by atoms with van der Waals surface area (Å²) in [6, 6.07) is 1.01. The van der Waals surface area contributed by atoms with Gasteiger partial charge in [-0.3, -0.25) is 4.90 Å². The molecule has 0 amide bonds. The van der Waals surface area contributed by atoms with Crippen LogP contribution in [0, 0.1) is 5.41 Å². The summed E-state index contributed by atoms with van der Waals surface area (Å²) in [5.74, 6) is 0. The van der Waals surface area contributed by atoms with Crippen molar-refractivity contribution in [1.29, 1.82) is 0 Å². The van der Waals surface area contributed by atoms with Crippen molar-refractivity contribution in [3.8, 4) is 0 Å². The van der Waals surface area contributed by atoms with Crippen molar-refractivity contribution in [2.75, 3.05) is 27.3 Å². The lowest BCUT2D eigenvalue weighted by Crippen LogP contribution is -2.47. The highest BCUT2D eigenvalue weighted by Crippen LogP contribution is 2.25. The van der Waals surface area contributed by atoms with Crippen molar-refractivity contribution in [1.82, 2.24) is 4.90 Å². The standard InChI is InChI=1S/C13H30N2O/c1-11(13(2,3)4)15(5)12(10-16-6)8-7-9-14/h11-12H,7-10,14H2,1-6H3. The lowest BCUT2D eigenvalue weighted by Gasteiger charge is -2.40. The molecule has 0 heterocycles. The predicted molar refractivity (Wildman–Crippen MR) is 70.6 cm³/mol. The summed E-state index contributed by atoms with van der Waals surface area (Å²) < 4.78 is 5.30. The maximum Gasteiger partial charge on any atom is 0.0618 e. The molecule has 0 aromatic heterocycles. The predicted octanol–water partition coefficient (Wildman–Crippen LogP) is 2.11. The van der Waals surface area contributed by atoms with Crippen molar-refractivity contribution in [3.05, 3.63) is 0 Å². The van der Waals surface area contributed by atoms with E-state index < -0.39 is 0 Å². The number of nitrogens with two attached hydrogens (primary N) is 1. The number of likely N-dealkylation sites (N-methyl/N-ethyl adjacent to an activating group) is 1. The molecule has 3 heteroatoms. The quantitative estimate of drug-likeness (QED) is 0.728. The van der Waals surface area contributed by atoms with E-state index in [1.54, 1.807) is 7.11 Å². The van der Waals surface area contributed by atoms with Crippen molar-refractivity contribution >= 4 is 0 Å². The van der Waals surface area contributed by atoms with Crippen LogP contribution in [-0.4, -0.2) is 44.3 Å². The Morgan fingerprint density at radius 3 is 2.25 bits per heavy atom. The van der Waals surface area contributed by atoms with E-state index in [1.807, 2.05) is 0 Å². The normalized spacial score (nSPS) is 16.5. The summed E-state index contributed by atoms with van der Waals surface area (Å²) in [4.78, 5) is 2.43. The summed E-state index contributed by atoms with van der Waals surface area (Å²) in [6.07, 6.45) is 2.18. The zero-order chi connectivity index (χ0) is 12.8. The van der Waals surface area contributed by atoms with Gasteiger partial charge in [0.05, 0.1) is 6.61 Å². The molecule has 0 saturated carbocycles. The third-order valence-electron chi connectivity index (χ3n) is 3.54. The molecule has 2 unspecified atom stereocenters. The summed E-state index contributed by atoms with van der Waals surface area (Å²) in [7, 11) is 3.96. The third kappa shape index (κ3) is 5.28. The van der Waals surface area contributed by atoms with Crippen LogP contribution in [-0.2, 0) is 4.74 Å². The van der Waals surface area contributed by atoms with Gasteiger partial charge < -0.3 is 10.5 Å². The van der Waals surface area contributed by atoms with Gasteiger partial charge >= 0.3 is 0 Å². The number of hydrogen-bond donors (Lipinski definition) is 1. The average Bonchev–Trinajstić information content (AvgIpc) is 2.20. The molecule has 2 atom stereocenters. The van der Waals surface area contributed by atoms with Gasteiger partial charge in [0.25, 0.3) is 0 Å². The molecular formula is C13H30N2O. The Labute approximate surface area is 101 Å². The van der Waals surface area contributed by atoms with Crippen molar-refractivity contribution < 1.29 is 4.74 Å². The smallest absolute Gasteiger partial charge is 0.0618 e. The van der Waals surface area contributed by atoms with Crippen LogP contribution in [0.5, 0.6) is 0 Å². The second kappa shape index (κ2) is 7.25. The lowest BCUT2D eigenvalue weighted by atomic mass is 9.86. The Hall–Kier alpha value is -0.120. The summed E-state index contributed by atoms with van der Waals surface area (Å²) >= 11 is 0. The van der Waals surface area contributed by atoms with Crippen LogP contribution >= 0.6 is 0 Å². The molecule has 0 saturated heterocycles. The van der Waals surface area contributed by atoms with E-state index in [0.717, 1.165) is 26.0 Å². The maximum atomic E-state index is 5.58. The van der Waals surface area contributed by atoms with Crippen LogP contribution in [0.3, 0.4) is 0 Å². The first kappa shape index (κ1) is 15.9. The Morgan fingerprint density at radius 2 is 1.88 bits per heavy atom. The van der Waals surface area contributed by atoms with Crippen molar-refractivity contribution in [2.45, 2.75) is 52.6 Å². The molecule has 0 aliphatic carbocycles. The molecule has 2 N–H and O–H groups in total. The van der Waals surface area contributed by atoms with Gasteiger partial charge in [0.1, 0.15) is 0 Å². The molecule has 16 heavy (non-hydrogen) atoms. The van der Waals surface area contributed by atoms with E-state index in [2.05, 4.69) is 39.6 Å². The fourth-order valence-electron chi connectivity index (χ4n) is 1.88. The molecule has 0 rings (SSSR count). The largest absolute Gasteiger partial charge is 0.383 e. The van der Waals surface area contributed by atoms with E-state index in [0.29, 0.717) is 17.5 Å². The maximum absolute atomic E-state index is 5.58. The molecule has 0 aliphatic heterocycles. The van der Waals surface area contributed by atoms with Gasteiger partial charge in [0.15, 0.2) is 0 Å². The minimum Gasteiger partial charge on any atom is -0.383 e. The zero-order valence-electron chi connectivity index (χ0n) is 11.9. The number of nitrogens with zero attached hydrogens (tertiary/aromatic N) is 1. The number of ether oxygens (including phenoxy) is 1. The first-order valence-corrected chi connectivity index (χ1v) is 6.25. The van der Waals surface area contributed by atoms with Gasteiger partial charge in [-0.15, -0.1) is 0 Å². The minimum absolute atomic E-state index is 0.295. The van der Waals surface area contributed by atoms with Gasteiger partial charge in [-0.05, 0) is 38.8 Å². The number of methoxy groups -OCH3 is 1. The average molecular weight is 230 g/mol. The first-order valence-electron chi connectivity index (χ1n) is 6.25. The monoisotopic (exact) mass is 230 g/mol. The Kier molecular flexibility index (Phi) is 7.20. The highest BCUT2D eigenvalue weighted by Gasteiger charge is 2.28. The van der Waals surface area contributed by atoms with E-state index in [4.69, 9.17) is 10.5 Å². The molecular weight excluding hydrogens is 200 g/mol. The second-order valence-corrected chi connectivity index (χ2v) is 5.75. The minimum atomic E-state index is 0.295. The van der Waals surface area contributed by atoms with Crippen LogP contribution < -0.4 is 5.73 Å². The summed E-state index contributed by atoms with van der Waals surface area (Å²) in [6.45, 7) is 10.7. The number of hydrogen-bond acceptors (Lipinski definition) is 3. The molecule has 98 valence electrons. The van der Waals surface area contributed by atoms with Crippen LogP contribution in [0.15, 0.2) is 0 Å². The molecule has 0 bridgehead atoms. The highest BCUT2D eigenvalue weighted by molar-refractivity contribution is 4.82.